The number of carbonyl (C=O) groups excluding carboxylic acids is 3. The third kappa shape index (κ3) is 11.3. The highest BCUT2D eigenvalue weighted by Crippen LogP contribution is 2.36. The van der Waals surface area contributed by atoms with E-state index in [4.69, 9.17) is 14.0 Å². The molecule has 2 N–H and O–H groups in total. The van der Waals surface area contributed by atoms with Gasteiger partial charge in [0, 0.05) is 59.0 Å². The number of pyridine rings is 1. The number of alkyl carbamates (subject to hydrolysis) is 1. The Bertz CT molecular complexity index is 1410. The maximum Gasteiger partial charge on any atom is 0.437 e. The van der Waals surface area contributed by atoms with Crippen molar-refractivity contribution in [2.45, 2.75) is 64.0 Å². The zero-order valence-corrected chi connectivity index (χ0v) is 27.1. The molecule has 13 nitrogen and oxygen atoms in total. The summed E-state index contributed by atoms with van der Waals surface area (Å²) in [7, 11) is 3.25. The molecule has 3 aromatic heterocycles. The normalized spacial score (nSPS) is 13.0. The first-order valence-corrected chi connectivity index (χ1v) is 15.0. The molecule has 3 aromatic rings. The van der Waals surface area contributed by atoms with Crippen molar-refractivity contribution in [3.05, 3.63) is 66.4 Å². The molecule has 3 rings (SSSR count). The molecule has 0 radical (unpaired) electrons. The van der Waals surface area contributed by atoms with Crippen molar-refractivity contribution in [1.29, 1.82) is 0 Å². The van der Waals surface area contributed by atoms with Crippen molar-refractivity contribution >= 4 is 23.7 Å². The number of anilines is 1. The fraction of sp³-hybridized carbons (Fsp3) is 0.516. The van der Waals surface area contributed by atoms with Gasteiger partial charge in [-0.2, -0.15) is 13.2 Å². The van der Waals surface area contributed by atoms with E-state index in [0.29, 0.717) is 25.0 Å². The van der Waals surface area contributed by atoms with Gasteiger partial charge in [-0.05, 0) is 57.9 Å². The van der Waals surface area contributed by atoms with Crippen molar-refractivity contribution in [2.24, 2.45) is 0 Å². The first-order valence-electron chi connectivity index (χ1n) is 15.0. The zero-order chi connectivity index (χ0) is 34.6. The minimum absolute atomic E-state index is 0.0587. The van der Waals surface area contributed by atoms with Crippen molar-refractivity contribution in [3.63, 3.8) is 0 Å². The van der Waals surface area contributed by atoms with E-state index in [1.54, 1.807) is 86.2 Å². The Morgan fingerprint density at radius 2 is 1.79 bits per heavy atom. The second-order valence-electron chi connectivity index (χ2n) is 11.7. The highest BCUT2D eigenvalue weighted by atomic mass is 19.4. The number of rotatable bonds is 16. The smallest absolute Gasteiger partial charge is 0.437 e. The van der Waals surface area contributed by atoms with Gasteiger partial charge in [0.25, 0.3) is 0 Å². The quantitative estimate of drug-likeness (QED) is 0.217. The van der Waals surface area contributed by atoms with E-state index in [1.807, 2.05) is 0 Å². The summed E-state index contributed by atoms with van der Waals surface area (Å²) >= 11 is 0. The van der Waals surface area contributed by atoms with Crippen LogP contribution in [-0.2, 0) is 31.8 Å². The van der Waals surface area contributed by atoms with E-state index in [2.05, 4.69) is 20.8 Å². The number of alkyl halides is 3. The number of aromatic nitrogens is 3. The van der Waals surface area contributed by atoms with Crippen LogP contribution in [0.2, 0.25) is 0 Å². The minimum atomic E-state index is -5.00. The van der Waals surface area contributed by atoms with Gasteiger partial charge in [-0.25, -0.2) is 9.78 Å². The highest BCUT2D eigenvalue weighted by Gasteiger charge is 2.45. The van der Waals surface area contributed by atoms with Crippen molar-refractivity contribution in [3.8, 4) is 0 Å². The number of halogens is 3. The summed E-state index contributed by atoms with van der Waals surface area (Å²) in [5.74, 6) is -1.08. The second-order valence-corrected chi connectivity index (χ2v) is 11.7. The van der Waals surface area contributed by atoms with Crippen LogP contribution in [0.1, 0.15) is 50.9 Å². The Hall–Kier alpha value is -4.60. The van der Waals surface area contributed by atoms with Gasteiger partial charge in [0.05, 0.1) is 12.1 Å². The molecule has 16 heteroatoms. The lowest BCUT2D eigenvalue weighted by Gasteiger charge is -2.34. The SMILES string of the molecule is COCCCNC(=O)C(c1conc1C(F)(F)F)N(CCCN(C)c1ccccn1)C(=O)C(Cn1cccc1)NC(=O)OC(C)(C)C. The van der Waals surface area contributed by atoms with E-state index >= 15 is 0 Å². The fourth-order valence-electron chi connectivity index (χ4n) is 4.71. The van der Waals surface area contributed by atoms with Gasteiger partial charge >= 0.3 is 12.3 Å². The summed E-state index contributed by atoms with van der Waals surface area (Å²) in [6.07, 6.45) is 0.306. The molecule has 3 heterocycles. The molecule has 0 saturated carbocycles. The average Bonchev–Trinajstić information content (AvgIpc) is 3.70. The van der Waals surface area contributed by atoms with Gasteiger partial charge in [0.1, 0.15) is 29.8 Å². The topological polar surface area (TPSA) is 144 Å². The molecule has 2 unspecified atom stereocenters. The van der Waals surface area contributed by atoms with Crippen LogP contribution in [0, 0.1) is 0 Å². The van der Waals surface area contributed by atoms with Crippen LogP contribution in [0.4, 0.5) is 23.8 Å². The minimum Gasteiger partial charge on any atom is -0.444 e. The van der Waals surface area contributed by atoms with Gasteiger partial charge < -0.3 is 39.0 Å². The van der Waals surface area contributed by atoms with Crippen LogP contribution < -0.4 is 15.5 Å². The van der Waals surface area contributed by atoms with E-state index in [-0.39, 0.29) is 32.7 Å². The molecule has 47 heavy (non-hydrogen) atoms. The lowest BCUT2D eigenvalue weighted by molar-refractivity contribution is -0.148. The van der Waals surface area contributed by atoms with Gasteiger partial charge in [0.2, 0.25) is 11.8 Å². The molecule has 2 atom stereocenters. The molecular formula is C31H42F3N7O6. The molecule has 0 aromatic carbocycles. The molecule has 0 aliphatic carbocycles. The van der Waals surface area contributed by atoms with Crippen LogP contribution in [0.25, 0.3) is 0 Å². The summed E-state index contributed by atoms with van der Waals surface area (Å²) < 4.78 is 59.2. The molecule has 0 saturated heterocycles. The Kier molecular flexibility index (Phi) is 13.2. The first kappa shape index (κ1) is 36.9. The Morgan fingerprint density at radius 1 is 1.06 bits per heavy atom. The number of hydrogen-bond acceptors (Lipinski definition) is 9. The highest BCUT2D eigenvalue weighted by molar-refractivity contribution is 5.92. The summed E-state index contributed by atoms with van der Waals surface area (Å²) in [6, 6.07) is 5.60. The molecule has 0 bridgehead atoms. The van der Waals surface area contributed by atoms with E-state index in [1.165, 1.54) is 7.11 Å². The lowest BCUT2D eigenvalue weighted by Crippen LogP contribution is -2.55. The van der Waals surface area contributed by atoms with E-state index in [0.717, 1.165) is 4.90 Å². The van der Waals surface area contributed by atoms with E-state index in [9.17, 15) is 27.6 Å². The number of ether oxygens (including phenoxy) is 2. The fourth-order valence-corrected chi connectivity index (χ4v) is 4.71. The molecule has 0 aliphatic heterocycles. The van der Waals surface area contributed by atoms with Crippen LogP contribution in [-0.4, -0.2) is 89.6 Å². The Labute approximate surface area is 271 Å². The first-order chi connectivity index (χ1) is 22.2. The van der Waals surface area contributed by atoms with Gasteiger partial charge in [-0.15, -0.1) is 0 Å². The number of nitrogens with zero attached hydrogens (tertiary/aromatic N) is 5. The van der Waals surface area contributed by atoms with Gasteiger partial charge in [0.15, 0.2) is 5.69 Å². The third-order valence-electron chi connectivity index (χ3n) is 6.81. The third-order valence-corrected chi connectivity index (χ3v) is 6.81. The molecule has 3 amide bonds. The molecule has 0 aliphatic rings. The van der Waals surface area contributed by atoms with Gasteiger partial charge in [-0.1, -0.05) is 11.2 Å². The number of hydrogen-bond donors (Lipinski definition) is 2. The predicted molar refractivity (Wildman–Crippen MR) is 165 cm³/mol. The zero-order valence-electron chi connectivity index (χ0n) is 27.1. The largest absolute Gasteiger partial charge is 0.444 e. The van der Waals surface area contributed by atoms with E-state index < -0.39 is 53.0 Å². The average molecular weight is 666 g/mol. The maximum atomic E-state index is 14.5. The summed E-state index contributed by atoms with van der Waals surface area (Å²) in [5, 5.41) is 8.31. The number of methoxy groups -OCH3 is 1. The molecule has 0 spiro atoms. The van der Waals surface area contributed by atoms with Gasteiger partial charge in [-0.3, -0.25) is 9.59 Å². The van der Waals surface area contributed by atoms with Crippen LogP contribution >= 0.6 is 0 Å². The van der Waals surface area contributed by atoms with Crippen LogP contribution in [0.3, 0.4) is 0 Å². The standard InChI is InChI=1S/C31H42F3N7O6/c1-30(2,3)47-29(44)37-23(20-40-16-8-9-17-40)28(43)41(18-11-15-39(4)24-12-6-7-13-35-24)25(27(42)36-14-10-19-45-5)22-21-46-38-26(22)31(32,33)34/h6-9,12-13,16-17,21,23,25H,10-11,14-15,18-20H2,1-5H3,(H,36,42)(H,37,44). The number of amides is 3. The molecular weight excluding hydrogens is 623 g/mol. The predicted octanol–water partition coefficient (Wildman–Crippen LogP) is 4.03. The van der Waals surface area contributed by atoms with Crippen molar-refractivity contribution in [1.82, 2.24) is 30.2 Å². The summed E-state index contributed by atoms with van der Waals surface area (Å²) in [5.41, 5.74) is -3.00. The van der Waals surface area contributed by atoms with Crippen molar-refractivity contribution in [2.75, 3.05) is 45.3 Å². The summed E-state index contributed by atoms with van der Waals surface area (Å²) in [4.78, 5) is 48.3. The number of nitrogens with one attached hydrogen (secondary N) is 2. The molecule has 258 valence electrons. The monoisotopic (exact) mass is 665 g/mol. The van der Waals surface area contributed by atoms with Crippen LogP contribution in [0.5, 0.6) is 0 Å². The second kappa shape index (κ2) is 16.8. The Balaban J connectivity index is 2.05. The van der Waals surface area contributed by atoms with Crippen LogP contribution in [0.15, 0.2) is 59.7 Å². The lowest BCUT2D eigenvalue weighted by atomic mass is 10.0. The van der Waals surface area contributed by atoms with Crippen molar-refractivity contribution < 1.29 is 41.6 Å². The Morgan fingerprint density at radius 3 is 2.40 bits per heavy atom. The summed E-state index contributed by atoms with van der Waals surface area (Å²) in [6.45, 7) is 5.31. The maximum absolute atomic E-state index is 14.5. The number of carbonyl (C=O) groups is 3. The molecule has 0 fully saturated rings.